The van der Waals surface area contributed by atoms with Gasteiger partial charge in [-0.2, -0.15) is 0 Å². The standard InChI is InChI=1S/C18H23ClN2/c1-3-20-12-15-7-9-16(10-8-15)13-21(2)14-17-5-4-6-18(19)11-17/h4-11,20H,3,12-14H2,1-2H3. The lowest BCUT2D eigenvalue weighted by Gasteiger charge is -2.17. The van der Waals surface area contributed by atoms with E-state index in [1.54, 1.807) is 0 Å². The maximum atomic E-state index is 6.02. The van der Waals surface area contributed by atoms with Crippen molar-refractivity contribution in [2.45, 2.75) is 26.6 Å². The van der Waals surface area contributed by atoms with Crippen LogP contribution in [0.15, 0.2) is 48.5 Å². The summed E-state index contributed by atoms with van der Waals surface area (Å²) in [5.74, 6) is 0. The number of nitrogens with one attached hydrogen (secondary N) is 1. The molecule has 0 fully saturated rings. The SMILES string of the molecule is CCNCc1ccc(CN(C)Cc2cccc(Cl)c2)cc1. The lowest BCUT2D eigenvalue weighted by molar-refractivity contribution is 0.319. The van der Waals surface area contributed by atoms with Crippen molar-refractivity contribution in [1.29, 1.82) is 0 Å². The molecule has 0 saturated heterocycles. The van der Waals surface area contributed by atoms with Gasteiger partial charge < -0.3 is 5.32 Å². The van der Waals surface area contributed by atoms with E-state index in [9.17, 15) is 0 Å². The zero-order valence-electron chi connectivity index (χ0n) is 12.8. The minimum atomic E-state index is 0.800. The Morgan fingerprint density at radius 1 is 0.952 bits per heavy atom. The van der Waals surface area contributed by atoms with Gasteiger partial charge >= 0.3 is 0 Å². The summed E-state index contributed by atoms with van der Waals surface area (Å²) < 4.78 is 0. The molecular formula is C18H23ClN2. The Hall–Kier alpha value is -1.35. The van der Waals surface area contributed by atoms with Gasteiger partial charge in [0.25, 0.3) is 0 Å². The first kappa shape index (κ1) is 16.0. The first-order valence-corrected chi connectivity index (χ1v) is 7.76. The van der Waals surface area contributed by atoms with Crippen LogP contribution >= 0.6 is 11.6 Å². The molecule has 0 atom stereocenters. The van der Waals surface area contributed by atoms with Gasteiger partial charge in [0, 0.05) is 24.7 Å². The van der Waals surface area contributed by atoms with Gasteiger partial charge in [0.2, 0.25) is 0 Å². The maximum absolute atomic E-state index is 6.02. The highest BCUT2D eigenvalue weighted by atomic mass is 35.5. The quantitative estimate of drug-likeness (QED) is 0.829. The summed E-state index contributed by atoms with van der Waals surface area (Å²) in [6.07, 6.45) is 0. The van der Waals surface area contributed by atoms with E-state index in [4.69, 9.17) is 11.6 Å². The van der Waals surface area contributed by atoms with Gasteiger partial charge in [-0.25, -0.2) is 0 Å². The predicted octanol–water partition coefficient (Wildman–Crippen LogP) is 4.08. The van der Waals surface area contributed by atoms with Crippen LogP contribution < -0.4 is 5.32 Å². The van der Waals surface area contributed by atoms with E-state index in [0.29, 0.717) is 0 Å². The second-order valence-corrected chi connectivity index (χ2v) is 5.84. The lowest BCUT2D eigenvalue weighted by atomic mass is 10.1. The van der Waals surface area contributed by atoms with Crippen molar-refractivity contribution in [1.82, 2.24) is 10.2 Å². The van der Waals surface area contributed by atoms with Crippen LogP contribution in [0.5, 0.6) is 0 Å². The number of nitrogens with zero attached hydrogens (tertiary/aromatic N) is 1. The number of hydrogen-bond acceptors (Lipinski definition) is 2. The van der Waals surface area contributed by atoms with E-state index in [1.165, 1.54) is 16.7 Å². The lowest BCUT2D eigenvalue weighted by Crippen LogP contribution is -2.17. The molecule has 0 aliphatic rings. The van der Waals surface area contributed by atoms with Crippen molar-refractivity contribution in [2.24, 2.45) is 0 Å². The largest absolute Gasteiger partial charge is 0.313 e. The Balaban J connectivity index is 1.88. The monoisotopic (exact) mass is 302 g/mol. The molecule has 0 heterocycles. The Bertz CT molecular complexity index is 551. The van der Waals surface area contributed by atoms with E-state index in [0.717, 1.165) is 31.2 Å². The first-order chi connectivity index (χ1) is 10.2. The van der Waals surface area contributed by atoms with E-state index in [1.807, 2.05) is 18.2 Å². The van der Waals surface area contributed by atoms with E-state index >= 15 is 0 Å². The van der Waals surface area contributed by atoms with Crippen molar-refractivity contribution < 1.29 is 0 Å². The van der Waals surface area contributed by atoms with Gasteiger partial charge in [0.15, 0.2) is 0 Å². The molecule has 0 aromatic heterocycles. The molecule has 0 amide bonds. The van der Waals surface area contributed by atoms with Crippen LogP contribution in [0.4, 0.5) is 0 Å². The molecule has 1 N–H and O–H groups in total. The highest BCUT2D eigenvalue weighted by Gasteiger charge is 2.03. The first-order valence-electron chi connectivity index (χ1n) is 7.39. The zero-order valence-corrected chi connectivity index (χ0v) is 13.5. The van der Waals surface area contributed by atoms with Gasteiger partial charge in [-0.05, 0) is 42.4 Å². The van der Waals surface area contributed by atoms with Crippen LogP contribution in [0.3, 0.4) is 0 Å². The van der Waals surface area contributed by atoms with E-state index < -0.39 is 0 Å². The molecule has 112 valence electrons. The molecule has 2 nitrogen and oxygen atoms in total. The third-order valence-electron chi connectivity index (χ3n) is 3.40. The van der Waals surface area contributed by atoms with Crippen molar-refractivity contribution in [3.05, 3.63) is 70.2 Å². The third-order valence-corrected chi connectivity index (χ3v) is 3.63. The van der Waals surface area contributed by atoms with Gasteiger partial charge in [-0.3, -0.25) is 4.90 Å². The molecule has 0 unspecified atom stereocenters. The highest BCUT2D eigenvalue weighted by molar-refractivity contribution is 6.30. The van der Waals surface area contributed by atoms with Crippen LogP contribution in [-0.4, -0.2) is 18.5 Å². The summed E-state index contributed by atoms with van der Waals surface area (Å²) in [5.41, 5.74) is 3.91. The molecule has 0 bridgehead atoms. The summed E-state index contributed by atoms with van der Waals surface area (Å²) in [6, 6.07) is 16.9. The molecule has 0 aliphatic heterocycles. The third kappa shape index (κ3) is 5.50. The highest BCUT2D eigenvalue weighted by Crippen LogP contribution is 2.14. The molecule has 3 heteroatoms. The Labute approximate surface area is 132 Å². The summed E-state index contributed by atoms with van der Waals surface area (Å²) in [7, 11) is 2.13. The van der Waals surface area contributed by atoms with Gasteiger partial charge in [0.1, 0.15) is 0 Å². The molecule has 21 heavy (non-hydrogen) atoms. The summed E-state index contributed by atoms with van der Waals surface area (Å²) in [4.78, 5) is 2.30. The minimum Gasteiger partial charge on any atom is -0.313 e. The van der Waals surface area contributed by atoms with Crippen molar-refractivity contribution in [3.8, 4) is 0 Å². The van der Waals surface area contributed by atoms with Gasteiger partial charge in [0.05, 0.1) is 0 Å². The molecule has 0 spiro atoms. The fourth-order valence-corrected chi connectivity index (χ4v) is 2.56. The van der Waals surface area contributed by atoms with Crippen LogP contribution in [0.2, 0.25) is 5.02 Å². The molecule has 0 saturated carbocycles. The average molecular weight is 303 g/mol. The average Bonchev–Trinajstić information content (AvgIpc) is 2.46. The fourth-order valence-electron chi connectivity index (χ4n) is 2.35. The van der Waals surface area contributed by atoms with E-state index in [-0.39, 0.29) is 0 Å². The fraction of sp³-hybridized carbons (Fsp3) is 0.333. The van der Waals surface area contributed by atoms with E-state index in [2.05, 4.69) is 54.5 Å². The molecule has 2 rings (SSSR count). The number of halogens is 1. The Morgan fingerprint density at radius 2 is 1.62 bits per heavy atom. The molecule has 2 aromatic carbocycles. The molecule has 2 aromatic rings. The normalized spacial score (nSPS) is 11.0. The number of rotatable bonds is 7. The number of benzene rings is 2. The zero-order chi connectivity index (χ0) is 15.1. The molecule has 0 radical (unpaired) electrons. The summed E-state index contributed by atoms with van der Waals surface area (Å²) in [5, 5.41) is 4.14. The van der Waals surface area contributed by atoms with Gasteiger partial charge in [-0.1, -0.05) is 54.9 Å². The summed E-state index contributed by atoms with van der Waals surface area (Å²) >= 11 is 6.02. The van der Waals surface area contributed by atoms with Crippen molar-refractivity contribution in [2.75, 3.05) is 13.6 Å². The van der Waals surface area contributed by atoms with Crippen LogP contribution in [-0.2, 0) is 19.6 Å². The summed E-state index contributed by atoms with van der Waals surface area (Å²) in [6.45, 7) is 5.91. The maximum Gasteiger partial charge on any atom is 0.0409 e. The second kappa shape index (κ2) is 8.18. The smallest absolute Gasteiger partial charge is 0.0409 e. The second-order valence-electron chi connectivity index (χ2n) is 5.40. The minimum absolute atomic E-state index is 0.800. The van der Waals surface area contributed by atoms with Gasteiger partial charge in [-0.15, -0.1) is 0 Å². The van der Waals surface area contributed by atoms with Crippen LogP contribution in [0, 0.1) is 0 Å². The van der Waals surface area contributed by atoms with Crippen molar-refractivity contribution >= 4 is 11.6 Å². The predicted molar refractivity (Wildman–Crippen MR) is 90.4 cm³/mol. The van der Waals surface area contributed by atoms with Crippen LogP contribution in [0.25, 0.3) is 0 Å². The Morgan fingerprint density at radius 3 is 2.29 bits per heavy atom. The molecule has 0 aliphatic carbocycles. The number of hydrogen-bond donors (Lipinski definition) is 1. The van der Waals surface area contributed by atoms with Crippen LogP contribution in [0.1, 0.15) is 23.6 Å². The van der Waals surface area contributed by atoms with Crippen molar-refractivity contribution in [3.63, 3.8) is 0 Å². The topological polar surface area (TPSA) is 15.3 Å². The Kier molecular flexibility index (Phi) is 6.24. The molecular weight excluding hydrogens is 280 g/mol.